The van der Waals surface area contributed by atoms with Crippen molar-refractivity contribution in [3.63, 3.8) is 0 Å². The van der Waals surface area contributed by atoms with Crippen molar-refractivity contribution >= 4 is 5.97 Å². The lowest BCUT2D eigenvalue weighted by Gasteiger charge is -1.82. The minimum Gasteiger partial charge on any atom is -0.481 e. The standard InChI is InChI=1S/C9H14O2/c1-2-3-4-5-6-7-8-9(10)11/h3-4,6-7H,2,5,8H2,1H3,(H,10,11)/b4-3-,7-6+. The molecule has 11 heavy (non-hydrogen) atoms. The van der Waals surface area contributed by atoms with Crippen LogP contribution in [0, 0.1) is 0 Å². The highest BCUT2D eigenvalue weighted by molar-refractivity contribution is 5.68. The molecule has 0 amide bonds. The van der Waals surface area contributed by atoms with Crippen LogP contribution in [0.3, 0.4) is 0 Å². The van der Waals surface area contributed by atoms with Crippen LogP contribution in [-0.4, -0.2) is 11.1 Å². The second-order valence-electron chi connectivity index (χ2n) is 2.18. The molecule has 0 aromatic carbocycles. The predicted molar refractivity (Wildman–Crippen MR) is 45.4 cm³/mol. The number of hydrogen-bond donors (Lipinski definition) is 1. The van der Waals surface area contributed by atoms with Crippen molar-refractivity contribution in [2.45, 2.75) is 26.2 Å². The molecule has 2 nitrogen and oxygen atoms in total. The SMILES string of the molecule is CC/C=C\C/C=C/CC(=O)O. The Morgan fingerprint density at radius 3 is 2.45 bits per heavy atom. The van der Waals surface area contributed by atoms with E-state index in [4.69, 9.17) is 5.11 Å². The van der Waals surface area contributed by atoms with Gasteiger partial charge in [-0.25, -0.2) is 0 Å². The van der Waals surface area contributed by atoms with Crippen LogP contribution < -0.4 is 0 Å². The van der Waals surface area contributed by atoms with Gasteiger partial charge in [-0.3, -0.25) is 4.79 Å². The van der Waals surface area contributed by atoms with Crippen LogP contribution in [0.15, 0.2) is 24.3 Å². The molecule has 0 saturated heterocycles. The third-order valence-corrected chi connectivity index (χ3v) is 1.13. The molecule has 0 aliphatic rings. The van der Waals surface area contributed by atoms with Crippen LogP contribution in [-0.2, 0) is 4.79 Å². The first-order valence-corrected chi connectivity index (χ1v) is 3.79. The van der Waals surface area contributed by atoms with E-state index in [1.807, 2.05) is 12.2 Å². The van der Waals surface area contributed by atoms with E-state index in [2.05, 4.69) is 13.0 Å². The third-order valence-electron chi connectivity index (χ3n) is 1.13. The Bertz CT molecular complexity index is 157. The van der Waals surface area contributed by atoms with Crippen LogP contribution in [0.25, 0.3) is 0 Å². The maximum absolute atomic E-state index is 10.0. The minimum atomic E-state index is -0.777. The first-order valence-electron chi connectivity index (χ1n) is 3.79. The van der Waals surface area contributed by atoms with Crippen LogP contribution in [0.2, 0.25) is 0 Å². The Labute approximate surface area is 67.2 Å². The summed E-state index contributed by atoms with van der Waals surface area (Å²) in [6.45, 7) is 2.07. The molecule has 0 radical (unpaired) electrons. The van der Waals surface area contributed by atoms with Crippen molar-refractivity contribution in [2.24, 2.45) is 0 Å². The second-order valence-corrected chi connectivity index (χ2v) is 2.18. The zero-order valence-corrected chi connectivity index (χ0v) is 6.79. The molecule has 0 heterocycles. The Morgan fingerprint density at radius 2 is 1.91 bits per heavy atom. The Balaban J connectivity index is 3.30. The van der Waals surface area contributed by atoms with Gasteiger partial charge in [-0.05, 0) is 12.8 Å². The average Bonchev–Trinajstić information content (AvgIpc) is 1.96. The molecule has 0 fully saturated rings. The van der Waals surface area contributed by atoms with Gasteiger partial charge < -0.3 is 5.11 Å². The van der Waals surface area contributed by atoms with Crippen molar-refractivity contribution in [1.29, 1.82) is 0 Å². The minimum absolute atomic E-state index is 0.125. The van der Waals surface area contributed by atoms with Gasteiger partial charge in [0.15, 0.2) is 0 Å². The fourth-order valence-electron chi connectivity index (χ4n) is 0.622. The summed E-state index contributed by atoms with van der Waals surface area (Å²) in [4.78, 5) is 10.0. The third kappa shape index (κ3) is 8.95. The predicted octanol–water partition coefficient (Wildman–Crippen LogP) is 2.37. The fourth-order valence-corrected chi connectivity index (χ4v) is 0.622. The monoisotopic (exact) mass is 154 g/mol. The molecular formula is C9H14O2. The quantitative estimate of drug-likeness (QED) is 0.617. The fraction of sp³-hybridized carbons (Fsp3) is 0.444. The number of aliphatic carboxylic acids is 1. The van der Waals surface area contributed by atoms with Gasteiger partial charge in [0.1, 0.15) is 0 Å². The zero-order chi connectivity index (χ0) is 8.53. The lowest BCUT2D eigenvalue weighted by Crippen LogP contribution is -1.89. The number of hydrogen-bond acceptors (Lipinski definition) is 1. The van der Waals surface area contributed by atoms with Gasteiger partial charge >= 0.3 is 5.97 Å². The van der Waals surface area contributed by atoms with E-state index >= 15 is 0 Å². The van der Waals surface area contributed by atoms with Gasteiger partial charge in [0.05, 0.1) is 6.42 Å². The van der Waals surface area contributed by atoms with Crippen LogP contribution in [0.4, 0.5) is 0 Å². The topological polar surface area (TPSA) is 37.3 Å². The summed E-state index contributed by atoms with van der Waals surface area (Å²) in [5.74, 6) is -0.777. The van der Waals surface area contributed by atoms with Crippen molar-refractivity contribution in [1.82, 2.24) is 0 Å². The summed E-state index contributed by atoms with van der Waals surface area (Å²) in [6.07, 6.45) is 9.61. The number of carboxylic acid groups (broad SMARTS) is 1. The van der Waals surface area contributed by atoms with Gasteiger partial charge in [-0.15, -0.1) is 0 Å². The maximum Gasteiger partial charge on any atom is 0.307 e. The van der Waals surface area contributed by atoms with Crippen molar-refractivity contribution in [3.05, 3.63) is 24.3 Å². The number of rotatable bonds is 5. The van der Waals surface area contributed by atoms with E-state index in [1.165, 1.54) is 0 Å². The largest absolute Gasteiger partial charge is 0.481 e. The zero-order valence-electron chi connectivity index (χ0n) is 6.79. The van der Waals surface area contributed by atoms with Gasteiger partial charge in [0.25, 0.3) is 0 Å². The van der Waals surface area contributed by atoms with E-state index in [-0.39, 0.29) is 6.42 Å². The van der Waals surface area contributed by atoms with Crippen LogP contribution in [0.1, 0.15) is 26.2 Å². The Kier molecular flexibility index (Phi) is 6.39. The van der Waals surface area contributed by atoms with Gasteiger partial charge in [-0.1, -0.05) is 31.2 Å². The molecule has 62 valence electrons. The molecular weight excluding hydrogens is 140 g/mol. The van der Waals surface area contributed by atoms with Crippen molar-refractivity contribution in [2.75, 3.05) is 0 Å². The van der Waals surface area contributed by atoms with E-state index in [1.54, 1.807) is 6.08 Å². The lowest BCUT2D eigenvalue weighted by molar-refractivity contribution is -0.136. The molecule has 0 aliphatic heterocycles. The van der Waals surface area contributed by atoms with Crippen LogP contribution >= 0.6 is 0 Å². The Morgan fingerprint density at radius 1 is 1.27 bits per heavy atom. The molecule has 0 aromatic rings. The molecule has 2 heteroatoms. The highest BCUT2D eigenvalue weighted by Crippen LogP contribution is 1.90. The molecule has 0 rings (SSSR count). The number of carboxylic acids is 1. The number of allylic oxidation sites excluding steroid dienone is 3. The smallest absolute Gasteiger partial charge is 0.307 e. The van der Waals surface area contributed by atoms with E-state index in [0.29, 0.717) is 0 Å². The van der Waals surface area contributed by atoms with Crippen molar-refractivity contribution in [3.8, 4) is 0 Å². The molecule has 0 unspecified atom stereocenters. The van der Waals surface area contributed by atoms with Gasteiger partial charge in [0.2, 0.25) is 0 Å². The molecule has 0 bridgehead atoms. The van der Waals surface area contributed by atoms with Crippen molar-refractivity contribution < 1.29 is 9.90 Å². The molecule has 0 aliphatic carbocycles. The first kappa shape index (κ1) is 9.95. The molecule has 0 saturated carbocycles. The summed E-state index contributed by atoms with van der Waals surface area (Å²) in [6, 6.07) is 0. The van der Waals surface area contributed by atoms with Gasteiger partial charge in [-0.2, -0.15) is 0 Å². The average molecular weight is 154 g/mol. The van der Waals surface area contributed by atoms with Crippen LogP contribution in [0.5, 0.6) is 0 Å². The second kappa shape index (κ2) is 7.06. The first-order chi connectivity index (χ1) is 5.27. The molecule has 0 atom stereocenters. The molecule has 1 N–H and O–H groups in total. The summed E-state index contributed by atoms with van der Waals surface area (Å²) >= 11 is 0. The normalized spacial score (nSPS) is 11.4. The summed E-state index contributed by atoms with van der Waals surface area (Å²) in [7, 11) is 0. The molecule has 0 aromatic heterocycles. The highest BCUT2D eigenvalue weighted by atomic mass is 16.4. The Hall–Kier alpha value is -1.05. The van der Waals surface area contributed by atoms with E-state index in [0.717, 1.165) is 12.8 Å². The highest BCUT2D eigenvalue weighted by Gasteiger charge is 1.86. The summed E-state index contributed by atoms with van der Waals surface area (Å²) < 4.78 is 0. The lowest BCUT2D eigenvalue weighted by atomic mass is 10.3. The molecule has 0 spiro atoms. The van der Waals surface area contributed by atoms with Gasteiger partial charge in [0, 0.05) is 0 Å². The van der Waals surface area contributed by atoms with E-state index in [9.17, 15) is 4.79 Å². The number of carbonyl (C=O) groups is 1. The summed E-state index contributed by atoms with van der Waals surface area (Å²) in [5, 5.41) is 8.25. The summed E-state index contributed by atoms with van der Waals surface area (Å²) in [5.41, 5.74) is 0. The van der Waals surface area contributed by atoms with E-state index < -0.39 is 5.97 Å². The maximum atomic E-state index is 10.0.